The Balaban J connectivity index is 1.84. The highest BCUT2D eigenvalue weighted by Gasteiger charge is 2.23. The summed E-state index contributed by atoms with van der Waals surface area (Å²) >= 11 is 1.90. The zero-order valence-electron chi connectivity index (χ0n) is 11.2. The number of aliphatic hydroxyl groups excluding tert-OH is 1. The summed E-state index contributed by atoms with van der Waals surface area (Å²) < 4.78 is 0. The summed E-state index contributed by atoms with van der Waals surface area (Å²) in [5.41, 5.74) is 2.26. The highest BCUT2D eigenvalue weighted by Crippen LogP contribution is 2.34. The minimum absolute atomic E-state index is 0.304. The lowest BCUT2D eigenvalue weighted by molar-refractivity contribution is 0.164. The fourth-order valence-corrected chi connectivity index (χ4v) is 3.63. The van der Waals surface area contributed by atoms with Crippen LogP contribution in [0.4, 0.5) is 5.69 Å². The van der Waals surface area contributed by atoms with Crippen molar-refractivity contribution in [2.75, 3.05) is 11.4 Å². The van der Waals surface area contributed by atoms with Crippen molar-refractivity contribution < 1.29 is 5.11 Å². The zero-order chi connectivity index (χ0) is 13.2. The number of thiophene rings is 1. The molecule has 100 valence electrons. The van der Waals surface area contributed by atoms with Crippen molar-refractivity contribution in [2.24, 2.45) is 0 Å². The van der Waals surface area contributed by atoms with E-state index in [1.54, 1.807) is 0 Å². The molecule has 0 spiro atoms. The standard InChI is InChI=1S/C16H19NOS/c1-2-12-7-8-13(19-12)11-17-10-9-16(18)14-5-3-4-6-15(14)17/h3-8,16,18H,2,9-11H2,1H3. The van der Waals surface area contributed by atoms with E-state index >= 15 is 0 Å². The number of fused-ring (bicyclic) bond motifs is 1. The Morgan fingerprint density at radius 3 is 2.79 bits per heavy atom. The summed E-state index contributed by atoms with van der Waals surface area (Å²) in [5, 5.41) is 10.1. The maximum atomic E-state index is 10.1. The minimum Gasteiger partial charge on any atom is -0.388 e. The van der Waals surface area contributed by atoms with E-state index in [4.69, 9.17) is 0 Å². The van der Waals surface area contributed by atoms with Crippen LogP contribution >= 0.6 is 11.3 Å². The van der Waals surface area contributed by atoms with Crippen LogP contribution in [0.3, 0.4) is 0 Å². The average Bonchev–Trinajstić information content (AvgIpc) is 2.90. The Morgan fingerprint density at radius 1 is 1.21 bits per heavy atom. The van der Waals surface area contributed by atoms with E-state index in [1.165, 1.54) is 15.4 Å². The zero-order valence-corrected chi connectivity index (χ0v) is 12.0. The number of para-hydroxylation sites is 1. The number of aliphatic hydroxyl groups is 1. The Morgan fingerprint density at radius 2 is 2.00 bits per heavy atom. The Hall–Kier alpha value is -1.32. The molecule has 0 amide bonds. The van der Waals surface area contributed by atoms with Crippen LogP contribution in [0.15, 0.2) is 36.4 Å². The van der Waals surface area contributed by atoms with Gasteiger partial charge in [-0.15, -0.1) is 11.3 Å². The van der Waals surface area contributed by atoms with E-state index in [2.05, 4.69) is 36.1 Å². The van der Waals surface area contributed by atoms with Gasteiger partial charge in [-0.2, -0.15) is 0 Å². The Kier molecular flexibility index (Phi) is 3.58. The molecule has 0 fully saturated rings. The highest BCUT2D eigenvalue weighted by molar-refractivity contribution is 7.12. The van der Waals surface area contributed by atoms with Crippen molar-refractivity contribution in [3.05, 3.63) is 51.7 Å². The SMILES string of the molecule is CCc1ccc(CN2CCC(O)c3ccccc32)s1. The van der Waals surface area contributed by atoms with Gasteiger partial charge in [0.15, 0.2) is 0 Å². The van der Waals surface area contributed by atoms with E-state index in [0.29, 0.717) is 0 Å². The van der Waals surface area contributed by atoms with Crippen LogP contribution in [-0.2, 0) is 13.0 Å². The summed E-state index contributed by atoms with van der Waals surface area (Å²) in [6.45, 7) is 4.08. The fourth-order valence-electron chi connectivity index (χ4n) is 2.66. The first-order chi connectivity index (χ1) is 9.28. The molecule has 3 heteroatoms. The van der Waals surface area contributed by atoms with Crippen molar-refractivity contribution in [3.63, 3.8) is 0 Å². The second-order valence-electron chi connectivity index (χ2n) is 5.01. The normalized spacial score (nSPS) is 18.4. The molecule has 1 N–H and O–H groups in total. The monoisotopic (exact) mass is 273 g/mol. The van der Waals surface area contributed by atoms with E-state index in [0.717, 1.165) is 31.5 Å². The van der Waals surface area contributed by atoms with Crippen LogP contribution in [0, 0.1) is 0 Å². The Bertz CT molecular complexity index is 563. The summed E-state index contributed by atoms with van der Waals surface area (Å²) in [7, 11) is 0. The number of hydrogen-bond acceptors (Lipinski definition) is 3. The van der Waals surface area contributed by atoms with Gasteiger partial charge in [0.25, 0.3) is 0 Å². The molecular weight excluding hydrogens is 254 g/mol. The third kappa shape index (κ3) is 2.53. The number of aryl methyl sites for hydroxylation is 1. The number of rotatable bonds is 3. The summed E-state index contributed by atoms with van der Waals surface area (Å²) in [6, 6.07) is 12.7. The topological polar surface area (TPSA) is 23.5 Å². The molecule has 0 bridgehead atoms. The van der Waals surface area contributed by atoms with E-state index < -0.39 is 0 Å². The molecule has 0 aliphatic carbocycles. The lowest BCUT2D eigenvalue weighted by Crippen LogP contribution is -2.30. The van der Waals surface area contributed by atoms with Gasteiger partial charge in [0, 0.05) is 27.5 Å². The van der Waals surface area contributed by atoms with Gasteiger partial charge >= 0.3 is 0 Å². The number of benzene rings is 1. The van der Waals surface area contributed by atoms with Gasteiger partial charge in [-0.25, -0.2) is 0 Å². The van der Waals surface area contributed by atoms with Crippen molar-refractivity contribution in [1.82, 2.24) is 0 Å². The van der Waals surface area contributed by atoms with Crippen LogP contribution < -0.4 is 4.90 Å². The van der Waals surface area contributed by atoms with Crippen molar-refractivity contribution >= 4 is 17.0 Å². The van der Waals surface area contributed by atoms with E-state index in [9.17, 15) is 5.11 Å². The lowest BCUT2D eigenvalue weighted by Gasteiger charge is -2.33. The van der Waals surface area contributed by atoms with E-state index in [1.807, 2.05) is 23.5 Å². The molecule has 1 aromatic heterocycles. The first kappa shape index (κ1) is 12.7. The van der Waals surface area contributed by atoms with Gasteiger partial charge < -0.3 is 10.0 Å². The quantitative estimate of drug-likeness (QED) is 0.920. The molecule has 1 atom stereocenters. The summed E-state index contributed by atoms with van der Waals surface area (Å²) in [6.07, 6.45) is 1.63. The minimum atomic E-state index is -0.304. The molecule has 2 nitrogen and oxygen atoms in total. The van der Waals surface area contributed by atoms with Crippen LogP contribution in [0.25, 0.3) is 0 Å². The molecule has 0 saturated carbocycles. The third-order valence-corrected chi connectivity index (χ3v) is 4.94. The average molecular weight is 273 g/mol. The summed E-state index contributed by atoms with van der Waals surface area (Å²) in [4.78, 5) is 5.23. The molecular formula is C16H19NOS. The molecule has 1 aliphatic rings. The molecule has 2 aromatic rings. The van der Waals surface area contributed by atoms with Gasteiger partial charge in [-0.1, -0.05) is 25.1 Å². The second-order valence-corrected chi connectivity index (χ2v) is 6.26. The number of hydrogen-bond donors (Lipinski definition) is 1. The van der Waals surface area contributed by atoms with Gasteiger partial charge in [0.2, 0.25) is 0 Å². The first-order valence-corrected chi connectivity index (χ1v) is 7.69. The molecule has 1 aliphatic heterocycles. The molecule has 19 heavy (non-hydrogen) atoms. The summed E-state index contributed by atoms with van der Waals surface area (Å²) in [5.74, 6) is 0. The third-order valence-electron chi connectivity index (χ3n) is 3.72. The first-order valence-electron chi connectivity index (χ1n) is 6.87. The highest BCUT2D eigenvalue weighted by atomic mass is 32.1. The van der Waals surface area contributed by atoms with E-state index in [-0.39, 0.29) is 6.10 Å². The van der Waals surface area contributed by atoms with Crippen LogP contribution in [0.2, 0.25) is 0 Å². The number of anilines is 1. The predicted octanol–water partition coefficient (Wildman–Crippen LogP) is 3.75. The van der Waals surface area contributed by atoms with Crippen LogP contribution in [-0.4, -0.2) is 11.7 Å². The van der Waals surface area contributed by atoms with Gasteiger partial charge in [-0.3, -0.25) is 0 Å². The largest absolute Gasteiger partial charge is 0.388 e. The Labute approximate surface area is 118 Å². The lowest BCUT2D eigenvalue weighted by atomic mass is 9.99. The maximum Gasteiger partial charge on any atom is 0.0826 e. The van der Waals surface area contributed by atoms with Crippen LogP contribution in [0.1, 0.15) is 34.8 Å². The van der Waals surface area contributed by atoms with Crippen molar-refractivity contribution in [2.45, 2.75) is 32.4 Å². The van der Waals surface area contributed by atoms with Crippen LogP contribution in [0.5, 0.6) is 0 Å². The number of nitrogens with zero attached hydrogens (tertiary/aromatic N) is 1. The van der Waals surface area contributed by atoms with Gasteiger partial charge in [0.1, 0.15) is 0 Å². The molecule has 0 saturated heterocycles. The smallest absolute Gasteiger partial charge is 0.0826 e. The molecule has 3 rings (SSSR count). The second kappa shape index (κ2) is 5.35. The maximum absolute atomic E-state index is 10.1. The molecule has 0 radical (unpaired) electrons. The molecule has 2 heterocycles. The van der Waals surface area contributed by atoms with Gasteiger partial charge in [-0.05, 0) is 31.0 Å². The molecule has 1 unspecified atom stereocenters. The molecule has 1 aromatic carbocycles. The van der Waals surface area contributed by atoms with Crippen molar-refractivity contribution in [3.8, 4) is 0 Å². The predicted molar refractivity (Wildman–Crippen MR) is 80.8 cm³/mol. The van der Waals surface area contributed by atoms with Gasteiger partial charge in [0.05, 0.1) is 12.6 Å². The van der Waals surface area contributed by atoms with Crippen molar-refractivity contribution in [1.29, 1.82) is 0 Å². The fraction of sp³-hybridized carbons (Fsp3) is 0.375.